The Morgan fingerprint density at radius 3 is 2.20 bits per heavy atom. The van der Waals surface area contributed by atoms with Crippen molar-refractivity contribution in [2.45, 2.75) is 0 Å². The molecule has 1 aliphatic heterocycles. The molecule has 3 aromatic rings. The Labute approximate surface area is 144 Å². The highest BCUT2D eigenvalue weighted by molar-refractivity contribution is 6.31. The van der Waals surface area contributed by atoms with E-state index in [-0.39, 0.29) is 11.5 Å². The molecule has 0 atom stereocenters. The number of hydrazine groups is 1. The van der Waals surface area contributed by atoms with E-state index in [4.69, 9.17) is 0 Å². The Bertz CT molecular complexity index is 961. The minimum Gasteiger partial charge on any atom is -0.267 e. The number of anilines is 1. The second kappa shape index (κ2) is 6.09. The fourth-order valence-corrected chi connectivity index (χ4v) is 2.62. The smallest absolute Gasteiger partial charge is 0.267 e. The average Bonchev–Trinajstić information content (AvgIpc) is 3.23. The average molecular weight is 330 g/mol. The van der Waals surface area contributed by atoms with Crippen molar-refractivity contribution in [1.82, 2.24) is 15.2 Å². The van der Waals surface area contributed by atoms with Crippen LogP contribution in [0.4, 0.5) is 5.69 Å². The van der Waals surface area contributed by atoms with Gasteiger partial charge in [0.15, 0.2) is 0 Å². The number of nitrogens with one attached hydrogen (secondary N) is 1. The summed E-state index contributed by atoms with van der Waals surface area (Å²) in [5, 5.41) is 5.52. The first-order valence-electron chi connectivity index (χ1n) is 7.75. The Kier molecular flexibility index (Phi) is 3.63. The zero-order valence-electron chi connectivity index (χ0n) is 13.2. The van der Waals surface area contributed by atoms with E-state index < -0.39 is 5.91 Å². The Balaban J connectivity index is 1.63. The number of hydrogen-bond donors (Lipinski definition) is 1. The maximum absolute atomic E-state index is 12.5. The lowest BCUT2D eigenvalue weighted by atomic mass is 10.2. The van der Waals surface area contributed by atoms with Gasteiger partial charge in [-0.3, -0.25) is 15.0 Å². The lowest BCUT2D eigenvalue weighted by molar-refractivity contribution is -0.117. The number of carbonyl (C=O) groups is 2. The van der Waals surface area contributed by atoms with Gasteiger partial charge >= 0.3 is 0 Å². The zero-order valence-corrected chi connectivity index (χ0v) is 13.2. The predicted octanol–water partition coefficient (Wildman–Crippen LogP) is 2.33. The van der Waals surface area contributed by atoms with Gasteiger partial charge in [-0.25, -0.2) is 9.69 Å². The molecule has 2 heterocycles. The van der Waals surface area contributed by atoms with E-state index in [9.17, 15) is 9.59 Å². The molecule has 0 saturated carbocycles. The van der Waals surface area contributed by atoms with Gasteiger partial charge in [0.05, 0.1) is 17.6 Å². The molecule has 1 aliphatic rings. The van der Waals surface area contributed by atoms with E-state index in [0.717, 1.165) is 5.69 Å². The molecular weight excluding hydrogens is 316 g/mol. The molecule has 0 unspecified atom stereocenters. The first kappa shape index (κ1) is 14.9. The van der Waals surface area contributed by atoms with Crippen LogP contribution in [0.15, 0.2) is 78.6 Å². The molecule has 122 valence electrons. The van der Waals surface area contributed by atoms with Crippen molar-refractivity contribution in [3.8, 4) is 5.69 Å². The summed E-state index contributed by atoms with van der Waals surface area (Å²) in [6.07, 6.45) is 4.94. The third-order valence-electron chi connectivity index (χ3n) is 3.84. The second-order valence-corrected chi connectivity index (χ2v) is 5.53. The first-order valence-corrected chi connectivity index (χ1v) is 7.75. The Morgan fingerprint density at radius 1 is 0.880 bits per heavy atom. The minimum absolute atomic E-state index is 0.0801. The maximum Gasteiger partial charge on any atom is 0.282 e. The number of benzene rings is 2. The molecule has 2 aromatic carbocycles. The van der Waals surface area contributed by atoms with Crippen LogP contribution in [-0.4, -0.2) is 21.6 Å². The molecule has 0 radical (unpaired) electrons. The number of aromatic nitrogens is 2. The van der Waals surface area contributed by atoms with Crippen molar-refractivity contribution in [3.05, 3.63) is 84.2 Å². The molecule has 0 spiro atoms. The Morgan fingerprint density at radius 2 is 1.52 bits per heavy atom. The molecule has 1 saturated heterocycles. The highest BCUT2D eigenvalue weighted by Gasteiger charge is 2.34. The third-order valence-corrected chi connectivity index (χ3v) is 3.84. The summed E-state index contributed by atoms with van der Waals surface area (Å²) in [7, 11) is 0. The summed E-state index contributed by atoms with van der Waals surface area (Å²) in [6, 6.07) is 18.6. The largest absolute Gasteiger partial charge is 0.282 e. The Hall–Kier alpha value is -3.67. The van der Waals surface area contributed by atoms with Gasteiger partial charge in [0.2, 0.25) is 0 Å². The van der Waals surface area contributed by atoms with Crippen LogP contribution in [0.25, 0.3) is 11.8 Å². The molecule has 0 aliphatic carbocycles. The van der Waals surface area contributed by atoms with Crippen LogP contribution in [0.2, 0.25) is 0 Å². The quantitative estimate of drug-likeness (QED) is 0.592. The summed E-state index contributed by atoms with van der Waals surface area (Å²) in [5.74, 6) is -0.815. The van der Waals surface area contributed by atoms with E-state index in [0.29, 0.717) is 11.3 Å². The predicted molar refractivity (Wildman–Crippen MR) is 93.6 cm³/mol. The molecule has 6 heteroatoms. The molecule has 4 rings (SSSR count). The molecule has 25 heavy (non-hydrogen) atoms. The maximum atomic E-state index is 12.5. The summed E-state index contributed by atoms with van der Waals surface area (Å²) in [6.45, 7) is 0. The summed E-state index contributed by atoms with van der Waals surface area (Å²) >= 11 is 0. The number of amides is 2. The molecule has 1 aromatic heterocycles. The first-order chi connectivity index (χ1) is 12.2. The lowest BCUT2D eigenvalue weighted by Gasteiger charge is -2.13. The van der Waals surface area contributed by atoms with Gasteiger partial charge in [0.25, 0.3) is 11.8 Å². The molecule has 1 fully saturated rings. The standard InChI is InChI=1S/C19H14N4O2/c24-18-17(19(25)23(21-18)16-9-5-2-6-10-16)11-14-12-20-22(13-14)15-7-3-1-4-8-15/h1-13H,(H,21,24)/b17-11+. The summed E-state index contributed by atoms with van der Waals surface area (Å²) in [4.78, 5) is 24.7. The number of rotatable bonds is 3. The molecular formula is C19H14N4O2. The van der Waals surface area contributed by atoms with Crippen LogP contribution >= 0.6 is 0 Å². The van der Waals surface area contributed by atoms with E-state index in [2.05, 4.69) is 10.5 Å². The van der Waals surface area contributed by atoms with Gasteiger partial charge < -0.3 is 0 Å². The van der Waals surface area contributed by atoms with Crippen LogP contribution in [0, 0.1) is 0 Å². The van der Waals surface area contributed by atoms with E-state index in [1.165, 1.54) is 5.01 Å². The van der Waals surface area contributed by atoms with Gasteiger partial charge in [-0.05, 0) is 30.3 Å². The van der Waals surface area contributed by atoms with Crippen molar-refractivity contribution in [2.24, 2.45) is 0 Å². The molecule has 2 amide bonds. The minimum atomic E-state index is -0.429. The zero-order chi connectivity index (χ0) is 17.2. The van der Waals surface area contributed by atoms with Crippen LogP contribution in [0.1, 0.15) is 5.56 Å². The lowest BCUT2D eigenvalue weighted by Crippen LogP contribution is -2.35. The van der Waals surface area contributed by atoms with Crippen molar-refractivity contribution >= 4 is 23.6 Å². The second-order valence-electron chi connectivity index (χ2n) is 5.53. The number of nitrogens with zero attached hydrogens (tertiary/aromatic N) is 3. The van der Waals surface area contributed by atoms with Gasteiger partial charge in [-0.2, -0.15) is 5.10 Å². The fourth-order valence-electron chi connectivity index (χ4n) is 2.62. The topological polar surface area (TPSA) is 67.2 Å². The van der Waals surface area contributed by atoms with Gasteiger partial charge in [0, 0.05) is 11.8 Å². The van der Waals surface area contributed by atoms with Crippen molar-refractivity contribution in [2.75, 3.05) is 5.01 Å². The number of hydrogen-bond acceptors (Lipinski definition) is 3. The van der Waals surface area contributed by atoms with Crippen LogP contribution in [0.3, 0.4) is 0 Å². The molecule has 1 N–H and O–H groups in total. The third kappa shape index (κ3) is 2.81. The van der Waals surface area contributed by atoms with Crippen molar-refractivity contribution in [3.63, 3.8) is 0 Å². The van der Waals surface area contributed by atoms with Gasteiger partial charge in [-0.1, -0.05) is 36.4 Å². The van der Waals surface area contributed by atoms with Crippen LogP contribution < -0.4 is 10.4 Å². The fraction of sp³-hybridized carbons (Fsp3) is 0. The summed E-state index contributed by atoms with van der Waals surface area (Å²) < 4.78 is 1.69. The highest BCUT2D eigenvalue weighted by Crippen LogP contribution is 2.21. The number of carbonyl (C=O) groups excluding carboxylic acids is 2. The monoisotopic (exact) mass is 330 g/mol. The molecule has 6 nitrogen and oxygen atoms in total. The summed E-state index contributed by atoms with van der Waals surface area (Å²) in [5.41, 5.74) is 4.85. The van der Waals surface area contributed by atoms with Crippen LogP contribution in [-0.2, 0) is 9.59 Å². The highest BCUT2D eigenvalue weighted by atomic mass is 16.2. The number of para-hydroxylation sites is 2. The van der Waals surface area contributed by atoms with Crippen LogP contribution in [0.5, 0.6) is 0 Å². The normalized spacial score (nSPS) is 15.7. The SMILES string of the molecule is O=C1NN(c2ccccc2)C(=O)/C1=C/c1cnn(-c2ccccc2)c1. The van der Waals surface area contributed by atoms with Crippen molar-refractivity contribution < 1.29 is 9.59 Å². The molecule has 0 bridgehead atoms. The van der Waals surface area contributed by atoms with E-state index in [1.54, 1.807) is 47.4 Å². The van der Waals surface area contributed by atoms with E-state index in [1.807, 2.05) is 36.4 Å². The van der Waals surface area contributed by atoms with Gasteiger partial charge in [0.1, 0.15) is 5.57 Å². The van der Waals surface area contributed by atoms with Gasteiger partial charge in [-0.15, -0.1) is 0 Å². The van der Waals surface area contributed by atoms with Crippen molar-refractivity contribution in [1.29, 1.82) is 0 Å². The van der Waals surface area contributed by atoms with E-state index >= 15 is 0 Å².